The normalized spacial score (nSPS) is 11.7. The Morgan fingerprint density at radius 3 is 2.00 bits per heavy atom. The van der Waals surface area contributed by atoms with Crippen LogP contribution in [0.4, 0.5) is 0 Å². The average Bonchev–Trinajstić information content (AvgIpc) is 2.67. The number of carbonyl (C=O) groups excluding carboxylic acids is 3. The Morgan fingerprint density at radius 1 is 0.893 bits per heavy atom. The standard InChI is InChI=1S/C23H30O5/c1-4-27-21(25)23(22(26)28-5-2,17-11-7-8-13-19(3)24)18-12-16-20-14-9-6-10-15-20/h6-7,9-12,14-16H,4-5,8,13,17-18H2,1-3H3/b11-7-,16-12+. The van der Waals surface area contributed by atoms with E-state index in [1.165, 1.54) is 6.92 Å². The second kappa shape index (κ2) is 12.7. The third kappa shape index (κ3) is 7.51. The third-order valence-electron chi connectivity index (χ3n) is 4.20. The van der Waals surface area contributed by atoms with Crippen LogP contribution >= 0.6 is 0 Å². The van der Waals surface area contributed by atoms with Crippen LogP contribution in [0.15, 0.2) is 48.6 Å². The monoisotopic (exact) mass is 386 g/mol. The van der Waals surface area contributed by atoms with Crippen LogP contribution in [-0.4, -0.2) is 30.9 Å². The number of benzene rings is 1. The summed E-state index contributed by atoms with van der Waals surface area (Å²) in [6, 6.07) is 9.64. The zero-order valence-corrected chi connectivity index (χ0v) is 17.0. The molecule has 0 saturated heterocycles. The van der Waals surface area contributed by atoms with Crippen LogP contribution in [0.2, 0.25) is 0 Å². The zero-order valence-electron chi connectivity index (χ0n) is 17.0. The molecule has 28 heavy (non-hydrogen) atoms. The van der Waals surface area contributed by atoms with Crippen molar-refractivity contribution in [3.8, 4) is 0 Å². The Hall–Kier alpha value is -2.69. The Balaban J connectivity index is 3.07. The summed E-state index contributed by atoms with van der Waals surface area (Å²) in [6.45, 7) is 5.29. The van der Waals surface area contributed by atoms with Crippen molar-refractivity contribution in [3.05, 3.63) is 54.1 Å². The van der Waals surface area contributed by atoms with Gasteiger partial charge in [0.1, 0.15) is 5.78 Å². The van der Waals surface area contributed by atoms with Gasteiger partial charge in [-0.25, -0.2) is 0 Å². The van der Waals surface area contributed by atoms with Gasteiger partial charge in [0.05, 0.1) is 13.2 Å². The molecule has 5 heteroatoms. The molecule has 0 aliphatic rings. The number of ketones is 1. The van der Waals surface area contributed by atoms with Gasteiger partial charge in [0.25, 0.3) is 0 Å². The SMILES string of the molecule is CCOC(=O)C(C/C=C\CCC(C)=O)(C/C=C/c1ccccc1)C(=O)OCC. The van der Waals surface area contributed by atoms with Gasteiger partial charge in [-0.1, -0.05) is 54.6 Å². The van der Waals surface area contributed by atoms with Gasteiger partial charge in [0.15, 0.2) is 5.41 Å². The smallest absolute Gasteiger partial charge is 0.324 e. The second-order valence-electron chi connectivity index (χ2n) is 6.46. The molecule has 0 fully saturated rings. The lowest BCUT2D eigenvalue weighted by molar-refractivity contribution is -0.171. The molecule has 0 aliphatic heterocycles. The fourth-order valence-corrected chi connectivity index (χ4v) is 2.69. The van der Waals surface area contributed by atoms with Crippen molar-refractivity contribution in [2.75, 3.05) is 13.2 Å². The van der Waals surface area contributed by atoms with Crippen LogP contribution in [0.5, 0.6) is 0 Å². The van der Waals surface area contributed by atoms with E-state index >= 15 is 0 Å². The van der Waals surface area contributed by atoms with E-state index in [9.17, 15) is 14.4 Å². The number of ether oxygens (including phenoxy) is 2. The molecule has 0 aliphatic carbocycles. The maximum Gasteiger partial charge on any atom is 0.324 e. The van der Waals surface area contributed by atoms with E-state index in [0.29, 0.717) is 12.8 Å². The molecule has 0 atom stereocenters. The van der Waals surface area contributed by atoms with Crippen molar-refractivity contribution in [3.63, 3.8) is 0 Å². The van der Waals surface area contributed by atoms with E-state index in [-0.39, 0.29) is 31.8 Å². The molecule has 0 bridgehead atoms. The highest BCUT2D eigenvalue weighted by Crippen LogP contribution is 2.32. The maximum atomic E-state index is 12.8. The third-order valence-corrected chi connectivity index (χ3v) is 4.20. The molecule has 0 saturated carbocycles. The van der Waals surface area contributed by atoms with E-state index in [1.54, 1.807) is 26.0 Å². The molecule has 0 aromatic heterocycles. The Morgan fingerprint density at radius 2 is 1.46 bits per heavy atom. The number of allylic oxidation sites excluding steroid dienone is 3. The minimum atomic E-state index is -1.44. The van der Waals surface area contributed by atoms with Crippen LogP contribution in [0.1, 0.15) is 52.0 Å². The van der Waals surface area contributed by atoms with Gasteiger partial charge < -0.3 is 14.3 Å². The molecule has 0 radical (unpaired) electrons. The average molecular weight is 386 g/mol. The fourth-order valence-electron chi connectivity index (χ4n) is 2.69. The molecule has 1 aromatic rings. The first kappa shape index (κ1) is 23.3. The van der Waals surface area contributed by atoms with Crippen LogP contribution < -0.4 is 0 Å². The first-order chi connectivity index (χ1) is 13.5. The largest absolute Gasteiger partial charge is 0.465 e. The fraction of sp³-hybridized carbons (Fsp3) is 0.435. The first-order valence-corrected chi connectivity index (χ1v) is 9.66. The van der Waals surface area contributed by atoms with E-state index < -0.39 is 17.4 Å². The summed E-state index contributed by atoms with van der Waals surface area (Å²) in [6.07, 6.45) is 8.55. The highest BCUT2D eigenvalue weighted by atomic mass is 16.6. The number of esters is 2. The Bertz CT molecular complexity index is 670. The van der Waals surface area contributed by atoms with Gasteiger partial charge in [0.2, 0.25) is 0 Å². The number of hydrogen-bond donors (Lipinski definition) is 0. The molecule has 0 heterocycles. The predicted molar refractivity (Wildman–Crippen MR) is 109 cm³/mol. The van der Waals surface area contributed by atoms with Crippen molar-refractivity contribution >= 4 is 23.8 Å². The number of carbonyl (C=O) groups is 3. The molecule has 1 aromatic carbocycles. The molecule has 0 spiro atoms. The summed E-state index contributed by atoms with van der Waals surface area (Å²) in [7, 11) is 0. The molecule has 0 N–H and O–H groups in total. The van der Waals surface area contributed by atoms with Crippen LogP contribution in [0.3, 0.4) is 0 Å². The van der Waals surface area contributed by atoms with E-state index in [4.69, 9.17) is 9.47 Å². The lowest BCUT2D eigenvalue weighted by atomic mass is 9.80. The molecule has 0 unspecified atom stereocenters. The van der Waals surface area contributed by atoms with Crippen molar-refractivity contribution in [2.24, 2.45) is 5.41 Å². The topological polar surface area (TPSA) is 69.7 Å². The number of hydrogen-bond acceptors (Lipinski definition) is 5. The van der Waals surface area contributed by atoms with Crippen molar-refractivity contribution in [1.82, 2.24) is 0 Å². The van der Waals surface area contributed by atoms with Crippen molar-refractivity contribution < 1.29 is 23.9 Å². The van der Waals surface area contributed by atoms with Gasteiger partial charge in [0, 0.05) is 6.42 Å². The van der Waals surface area contributed by atoms with Crippen LogP contribution in [0, 0.1) is 5.41 Å². The molecule has 5 nitrogen and oxygen atoms in total. The second-order valence-corrected chi connectivity index (χ2v) is 6.46. The quantitative estimate of drug-likeness (QED) is 0.300. The first-order valence-electron chi connectivity index (χ1n) is 9.66. The Labute approximate surface area is 167 Å². The maximum absolute atomic E-state index is 12.8. The molecular weight excluding hydrogens is 356 g/mol. The van der Waals surface area contributed by atoms with Crippen molar-refractivity contribution in [2.45, 2.75) is 46.5 Å². The van der Waals surface area contributed by atoms with Crippen LogP contribution in [0.25, 0.3) is 6.08 Å². The minimum Gasteiger partial charge on any atom is -0.465 e. The molecule has 0 amide bonds. The van der Waals surface area contributed by atoms with Crippen LogP contribution in [-0.2, 0) is 23.9 Å². The summed E-state index contributed by atoms with van der Waals surface area (Å²) in [4.78, 5) is 36.6. The van der Waals surface area contributed by atoms with Gasteiger partial charge in [-0.2, -0.15) is 0 Å². The molecular formula is C23H30O5. The van der Waals surface area contributed by atoms with E-state index in [2.05, 4.69) is 0 Å². The van der Waals surface area contributed by atoms with Gasteiger partial charge in [-0.05, 0) is 45.6 Å². The highest BCUT2D eigenvalue weighted by Gasteiger charge is 2.47. The van der Waals surface area contributed by atoms with Gasteiger partial charge in [-0.15, -0.1) is 0 Å². The summed E-state index contributed by atoms with van der Waals surface area (Å²) < 4.78 is 10.4. The van der Waals surface area contributed by atoms with Gasteiger partial charge in [-0.3, -0.25) is 9.59 Å². The lowest BCUT2D eigenvalue weighted by Gasteiger charge is -2.27. The van der Waals surface area contributed by atoms with Crippen molar-refractivity contribution in [1.29, 1.82) is 0 Å². The Kier molecular flexibility index (Phi) is 10.6. The summed E-state index contributed by atoms with van der Waals surface area (Å²) in [5, 5.41) is 0. The summed E-state index contributed by atoms with van der Waals surface area (Å²) in [5.41, 5.74) is -0.467. The van der Waals surface area contributed by atoms with E-state index in [0.717, 1.165) is 5.56 Å². The van der Waals surface area contributed by atoms with Gasteiger partial charge >= 0.3 is 11.9 Å². The molecule has 1 rings (SSSR count). The minimum absolute atomic E-state index is 0.0949. The lowest BCUT2D eigenvalue weighted by Crippen LogP contribution is -2.41. The summed E-state index contributed by atoms with van der Waals surface area (Å²) >= 11 is 0. The molecule has 152 valence electrons. The number of rotatable bonds is 12. The van der Waals surface area contributed by atoms with E-state index in [1.807, 2.05) is 42.5 Å². The number of Topliss-reactive ketones (excluding diaryl/α,β-unsaturated/α-hetero) is 1. The highest BCUT2D eigenvalue weighted by molar-refractivity contribution is 6.00. The summed E-state index contributed by atoms with van der Waals surface area (Å²) in [5.74, 6) is -1.10. The zero-order chi connectivity index (χ0) is 20.8. The predicted octanol–water partition coefficient (Wildman–Crippen LogP) is 4.52.